The minimum Gasteiger partial charge on any atom is -0.334 e. The number of amides is 2. The standard InChI is InChI=1S/C13H19BrN2O/c1-3-4-8-16(2)13(17)15-10-11-6-5-7-12(14)9-11/h5-7,9H,3-4,8,10H2,1-2H3,(H,15,17). The number of carbonyl (C=O) groups excluding carboxylic acids is 1. The molecule has 0 aromatic heterocycles. The lowest BCUT2D eigenvalue weighted by Gasteiger charge is -2.17. The number of unbranched alkanes of at least 4 members (excludes halogenated alkanes) is 1. The molecular formula is C13H19BrN2O. The second-order valence-electron chi connectivity index (χ2n) is 4.06. The van der Waals surface area contributed by atoms with E-state index in [2.05, 4.69) is 28.2 Å². The number of halogens is 1. The van der Waals surface area contributed by atoms with Gasteiger partial charge >= 0.3 is 6.03 Å². The molecule has 0 saturated heterocycles. The summed E-state index contributed by atoms with van der Waals surface area (Å²) in [4.78, 5) is 13.4. The lowest BCUT2D eigenvalue weighted by atomic mass is 10.2. The van der Waals surface area contributed by atoms with E-state index in [1.165, 1.54) is 0 Å². The maximum Gasteiger partial charge on any atom is 0.317 e. The lowest BCUT2D eigenvalue weighted by Crippen LogP contribution is -2.37. The van der Waals surface area contributed by atoms with Crippen LogP contribution in [0.5, 0.6) is 0 Å². The maximum absolute atomic E-state index is 11.7. The Hall–Kier alpha value is -1.03. The molecule has 0 unspecified atom stereocenters. The van der Waals surface area contributed by atoms with Gasteiger partial charge in [-0.25, -0.2) is 4.79 Å². The number of nitrogens with one attached hydrogen (secondary N) is 1. The number of hydrogen-bond donors (Lipinski definition) is 1. The van der Waals surface area contributed by atoms with Crippen molar-refractivity contribution >= 4 is 22.0 Å². The second-order valence-corrected chi connectivity index (χ2v) is 4.98. The molecule has 1 aromatic rings. The normalized spacial score (nSPS) is 10.1. The van der Waals surface area contributed by atoms with Gasteiger partial charge in [0.2, 0.25) is 0 Å². The third-order valence-electron chi connectivity index (χ3n) is 2.53. The zero-order valence-corrected chi connectivity index (χ0v) is 12.0. The van der Waals surface area contributed by atoms with Crippen molar-refractivity contribution in [2.24, 2.45) is 0 Å². The summed E-state index contributed by atoms with van der Waals surface area (Å²) in [6, 6.07) is 7.92. The van der Waals surface area contributed by atoms with Gasteiger partial charge < -0.3 is 10.2 Å². The van der Waals surface area contributed by atoms with Crippen molar-refractivity contribution in [1.29, 1.82) is 0 Å². The molecule has 0 spiro atoms. The highest BCUT2D eigenvalue weighted by Crippen LogP contribution is 2.11. The van der Waals surface area contributed by atoms with E-state index < -0.39 is 0 Å². The Bertz CT molecular complexity index is 368. The second kappa shape index (κ2) is 7.33. The molecule has 0 atom stereocenters. The molecule has 0 aliphatic carbocycles. The Labute approximate surface area is 111 Å². The maximum atomic E-state index is 11.7. The SMILES string of the molecule is CCCCN(C)C(=O)NCc1cccc(Br)c1. The van der Waals surface area contributed by atoms with E-state index in [0.717, 1.165) is 29.4 Å². The molecule has 0 bridgehead atoms. The van der Waals surface area contributed by atoms with Crippen molar-refractivity contribution in [3.8, 4) is 0 Å². The van der Waals surface area contributed by atoms with Gasteiger partial charge in [0, 0.05) is 24.6 Å². The molecule has 0 radical (unpaired) electrons. The molecule has 94 valence electrons. The fourth-order valence-electron chi connectivity index (χ4n) is 1.46. The Morgan fingerprint density at radius 1 is 1.47 bits per heavy atom. The van der Waals surface area contributed by atoms with Crippen molar-refractivity contribution in [3.05, 3.63) is 34.3 Å². The molecule has 0 heterocycles. The molecule has 2 amide bonds. The third kappa shape index (κ3) is 5.22. The Morgan fingerprint density at radius 2 is 2.24 bits per heavy atom. The van der Waals surface area contributed by atoms with E-state index in [4.69, 9.17) is 0 Å². The predicted octanol–water partition coefficient (Wildman–Crippen LogP) is 3.39. The summed E-state index contributed by atoms with van der Waals surface area (Å²) in [6.07, 6.45) is 2.14. The van der Waals surface area contributed by atoms with Crippen LogP contribution in [0.15, 0.2) is 28.7 Å². The van der Waals surface area contributed by atoms with Crippen LogP contribution in [0.25, 0.3) is 0 Å². The van der Waals surface area contributed by atoms with Gasteiger partial charge in [-0.3, -0.25) is 0 Å². The number of rotatable bonds is 5. The Balaban J connectivity index is 2.37. The van der Waals surface area contributed by atoms with Gasteiger partial charge in [-0.15, -0.1) is 0 Å². The van der Waals surface area contributed by atoms with Gasteiger partial charge in [0.25, 0.3) is 0 Å². The van der Waals surface area contributed by atoms with Crippen molar-refractivity contribution in [1.82, 2.24) is 10.2 Å². The minimum atomic E-state index is -0.0153. The average Bonchev–Trinajstić information content (AvgIpc) is 2.33. The van der Waals surface area contributed by atoms with Crippen molar-refractivity contribution < 1.29 is 4.79 Å². The van der Waals surface area contributed by atoms with Crippen molar-refractivity contribution in [3.63, 3.8) is 0 Å². The highest BCUT2D eigenvalue weighted by Gasteiger charge is 2.06. The number of hydrogen-bond acceptors (Lipinski definition) is 1. The smallest absolute Gasteiger partial charge is 0.317 e. The number of carbonyl (C=O) groups is 1. The molecule has 0 aliphatic rings. The average molecular weight is 299 g/mol. The zero-order chi connectivity index (χ0) is 12.7. The molecule has 17 heavy (non-hydrogen) atoms. The van der Waals surface area contributed by atoms with E-state index in [-0.39, 0.29) is 6.03 Å². The first kappa shape index (κ1) is 14.0. The van der Waals surface area contributed by atoms with Crippen molar-refractivity contribution in [2.45, 2.75) is 26.3 Å². The first-order chi connectivity index (χ1) is 8.13. The van der Waals surface area contributed by atoms with Crippen LogP contribution in [-0.2, 0) is 6.54 Å². The lowest BCUT2D eigenvalue weighted by molar-refractivity contribution is 0.207. The largest absolute Gasteiger partial charge is 0.334 e. The first-order valence-electron chi connectivity index (χ1n) is 5.87. The summed E-state index contributed by atoms with van der Waals surface area (Å²) in [5.74, 6) is 0. The summed E-state index contributed by atoms with van der Waals surface area (Å²) in [7, 11) is 1.83. The van der Waals surface area contributed by atoms with Gasteiger partial charge in [-0.1, -0.05) is 41.4 Å². The zero-order valence-electron chi connectivity index (χ0n) is 10.4. The number of benzene rings is 1. The molecule has 1 aromatic carbocycles. The van der Waals surface area contributed by atoms with E-state index in [1.54, 1.807) is 4.90 Å². The summed E-state index contributed by atoms with van der Waals surface area (Å²) < 4.78 is 1.03. The third-order valence-corrected chi connectivity index (χ3v) is 3.02. The van der Waals surface area contributed by atoms with Crippen LogP contribution in [0.3, 0.4) is 0 Å². The van der Waals surface area contributed by atoms with Crippen LogP contribution in [0.2, 0.25) is 0 Å². The highest BCUT2D eigenvalue weighted by molar-refractivity contribution is 9.10. The molecule has 1 N–H and O–H groups in total. The van der Waals surface area contributed by atoms with Crippen LogP contribution >= 0.6 is 15.9 Å². The van der Waals surface area contributed by atoms with Crippen LogP contribution < -0.4 is 5.32 Å². The van der Waals surface area contributed by atoms with Crippen LogP contribution in [0.4, 0.5) is 4.79 Å². The quantitative estimate of drug-likeness (QED) is 0.888. The molecule has 0 fully saturated rings. The van der Waals surface area contributed by atoms with Gasteiger partial charge in [0.05, 0.1) is 0 Å². The Kier molecular flexibility index (Phi) is 6.05. The molecule has 4 heteroatoms. The summed E-state index contributed by atoms with van der Waals surface area (Å²) >= 11 is 3.41. The topological polar surface area (TPSA) is 32.3 Å². The highest BCUT2D eigenvalue weighted by atomic mass is 79.9. The van der Waals surface area contributed by atoms with E-state index >= 15 is 0 Å². The van der Waals surface area contributed by atoms with Gasteiger partial charge in [0.1, 0.15) is 0 Å². The first-order valence-corrected chi connectivity index (χ1v) is 6.66. The van der Waals surface area contributed by atoms with Gasteiger partial charge in [0.15, 0.2) is 0 Å². The monoisotopic (exact) mass is 298 g/mol. The molecule has 3 nitrogen and oxygen atoms in total. The Morgan fingerprint density at radius 3 is 2.88 bits per heavy atom. The van der Waals surface area contributed by atoms with E-state index in [1.807, 2.05) is 31.3 Å². The molecular weight excluding hydrogens is 280 g/mol. The summed E-state index contributed by atoms with van der Waals surface area (Å²) in [5.41, 5.74) is 1.09. The number of urea groups is 1. The fraction of sp³-hybridized carbons (Fsp3) is 0.462. The summed E-state index contributed by atoms with van der Waals surface area (Å²) in [5, 5.41) is 2.90. The molecule has 0 aliphatic heterocycles. The number of nitrogens with zero attached hydrogens (tertiary/aromatic N) is 1. The van der Waals surface area contributed by atoms with E-state index in [0.29, 0.717) is 6.54 Å². The fourth-order valence-corrected chi connectivity index (χ4v) is 1.90. The predicted molar refractivity (Wildman–Crippen MR) is 73.9 cm³/mol. The van der Waals surface area contributed by atoms with Gasteiger partial charge in [-0.2, -0.15) is 0 Å². The molecule has 0 saturated carbocycles. The summed E-state index contributed by atoms with van der Waals surface area (Å²) in [6.45, 7) is 3.49. The van der Waals surface area contributed by atoms with Crippen LogP contribution in [-0.4, -0.2) is 24.5 Å². The van der Waals surface area contributed by atoms with E-state index in [9.17, 15) is 4.79 Å². The van der Waals surface area contributed by atoms with Gasteiger partial charge in [-0.05, 0) is 24.1 Å². The van der Waals surface area contributed by atoms with Crippen molar-refractivity contribution in [2.75, 3.05) is 13.6 Å². The van der Waals surface area contributed by atoms with Crippen LogP contribution in [0, 0.1) is 0 Å². The van der Waals surface area contributed by atoms with Crippen LogP contribution in [0.1, 0.15) is 25.3 Å². The minimum absolute atomic E-state index is 0.0153. The molecule has 1 rings (SSSR count).